The van der Waals surface area contributed by atoms with Gasteiger partial charge in [0.15, 0.2) is 0 Å². The molecule has 2 aliphatic rings. The van der Waals surface area contributed by atoms with Gasteiger partial charge in [0.1, 0.15) is 0 Å². The molecule has 0 unspecified atom stereocenters. The molecule has 1 N–H and O–H groups in total. The van der Waals surface area contributed by atoms with E-state index < -0.39 is 10.0 Å². The zero-order valence-electron chi connectivity index (χ0n) is 15.6. The Bertz CT molecular complexity index is 912. The summed E-state index contributed by atoms with van der Waals surface area (Å²) >= 11 is 0. The van der Waals surface area contributed by atoms with Crippen molar-refractivity contribution < 1.29 is 9.84 Å². The standard InChI is InChI=1S/C20H26N4O2S.H2/c1-24(27(25,26)18-10-11-18)17-9-5-6-15(14-17)19-12-13-21-20(23-19)22-16-7-3-2-4-8-16;/h5-6,9,12-14,16,18H,2-4,7-8,10-11H2,1H3,(H,21,22,23);1H. The van der Waals surface area contributed by atoms with Crippen LogP contribution in [0.4, 0.5) is 11.6 Å². The lowest BCUT2D eigenvalue weighted by Crippen LogP contribution is -2.29. The molecule has 0 aliphatic heterocycles. The van der Waals surface area contributed by atoms with Gasteiger partial charge in [0, 0.05) is 26.3 Å². The van der Waals surface area contributed by atoms with Crippen molar-refractivity contribution >= 4 is 21.7 Å². The van der Waals surface area contributed by atoms with Crippen LogP contribution in [0.15, 0.2) is 36.5 Å². The first kappa shape index (κ1) is 18.2. The Hall–Kier alpha value is -2.15. The number of anilines is 2. The predicted molar refractivity (Wildman–Crippen MR) is 110 cm³/mol. The Balaban J connectivity index is 0.00000225. The summed E-state index contributed by atoms with van der Waals surface area (Å²) in [6, 6.07) is 9.84. The molecule has 2 aromatic rings. The van der Waals surface area contributed by atoms with Crippen LogP contribution in [0, 0.1) is 0 Å². The van der Waals surface area contributed by atoms with Crippen LogP contribution in [0.25, 0.3) is 11.3 Å². The molecule has 0 spiro atoms. The van der Waals surface area contributed by atoms with Gasteiger partial charge in [-0.3, -0.25) is 4.31 Å². The Morgan fingerprint density at radius 2 is 1.89 bits per heavy atom. The van der Waals surface area contributed by atoms with Crippen molar-refractivity contribution in [3.05, 3.63) is 36.5 Å². The minimum atomic E-state index is -3.26. The minimum absolute atomic E-state index is 0. The van der Waals surface area contributed by atoms with Gasteiger partial charge in [-0.25, -0.2) is 18.4 Å². The van der Waals surface area contributed by atoms with Gasteiger partial charge in [0.25, 0.3) is 0 Å². The molecular formula is C20H28N4O2S. The molecule has 7 heteroatoms. The smallest absolute Gasteiger partial charge is 0.237 e. The summed E-state index contributed by atoms with van der Waals surface area (Å²) in [5, 5.41) is 3.22. The van der Waals surface area contributed by atoms with Gasteiger partial charge < -0.3 is 5.32 Å². The van der Waals surface area contributed by atoms with E-state index in [0.717, 1.165) is 36.9 Å². The first-order valence-electron chi connectivity index (χ1n) is 9.72. The summed E-state index contributed by atoms with van der Waals surface area (Å²) in [4.78, 5) is 9.02. The molecule has 0 saturated heterocycles. The summed E-state index contributed by atoms with van der Waals surface area (Å²) < 4.78 is 26.4. The second-order valence-corrected chi connectivity index (χ2v) is 9.75. The lowest BCUT2D eigenvalue weighted by molar-refractivity contribution is 0.461. The van der Waals surface area contributed by atoms with Crippen LogP contribution in [-0.4, -0.2) is 36.7 Å². The van der Waals surface area contributed by atoms with Gasteiger partial charge in [0.05, 0.1) is 16.6 Å². The van der Waals surface area contributed by atoms with Crippen molar-refractivity contribution in [2.75, 3.05) is 16.7 Å². The normalized spacial score (nSPS) is 18.3. The Morgan fingerprint density at radius 3 is 2.63 bits per heavy atom. The maximum absolute atomic E-state index is 12.5. The van der Waals surface area contributed by atoms with E-state index in [1.165, 1.54) is 23.6 Å². The number of hydrogen-bond donors (Lipinski definition) is 1. The molecule has 2 saturated carbocycles. The zero-order valence-corrected chi connectivity index (χ0v) is 16.5. The van der Waals surface area contributed by atoms with Crippen molar-refractivity contribution in [2.24, 2.45) is 0 Å². The van der Waals surface area contributed by atoms with Gasteiger partial charge >= 0.3 is 0 Å². The van der Waals surface area contributed by atoms with Crippen LogP contribution in [0.5, 0.6) is 0 Å². The van der Waals surface area contributed by atoms with E-state index >= 15 is 0 Å². The van der Waals surface area contributed by atoms with Gasteiger partial charge in [-0.05, 0) is 43.9 Å². The third kappa shape index (κ3) is 4.08. The Morgan fingerprint density at radius 1 is 1.11 bits per heavy atom. The summed E-state index contributed by atoms with van der Waals surface area (Å²) in [7, 11) is -1.63. The van der Waals surface area contributed by atoms with Gasteiger partial charge in [-0.15, -0.1) is 0 Å². The van der Waals surface area contributed by atoms with Crippen LogP contribution in [0.1, 0.15) is 46.4 Å². The SMILES string of the molecule is CN(c1cccc(-c2ccnc(NC3CCCCC3)n2)c1)S(=O)(=O)C1CC1.[HH]. The number of sulfonamides is 1. The third-order valence-electron chi connectivity index (χ3n) is 5.43. The van der Waals surface area contributed by atoms with Crippen LogP contribution in [0.3, 0.4) is 0 Å². The van der Waals surface area contributed by atoms with E-state index in [1.807, 2.05) is 30.3 Å². The van der Waals surface area contributed by atoms with Crippen molar-refractivity contribution in [1.82, 2.24) is 9.97 Å². The van der Waals surface area contributed by atoms with Crippen LogP contribution < -0.4 is 9.62 Å². The lowest BCUT2D eigenvalue weighted by atomic mass is 9.96. The van der Waals surface area contributed by atoms with Gasteiger partial charge in [-0.2, -0.15) is 0 Å². The molecule has 2 fully saturated rings. The van der Waals surface area contributed by atoms with Crippen molar-refractivity contribution in [2.45, 2.75) is 56.2 Å². The van der Waals surface area contributed by atoms with E-state index in [9.17, 15) is 8.42 Å². The molecule has 146 valence electrons. The predicted octanol–water partition coefficient (Wildman–Crippen LogP) is 4.06. The monoisotopic (exact) mass is 388 g/mol. The largest absolute Gasteiger partial charge is 0.351 e. The van der Waals surface area contributed by atoms with E-state index in [-0.39, 0.29) is 6.68 Å². The molecule has 0 atom stereocenters. The molecule has 27 heavy (non-hydrogen) atoms. The van der Waals surface area contributed by atoms with Crippen molar-refractivity contribution in [1.29, 1.82) is 0 Å². The first-order chi connectivity index (χ1) is 13.0. The maximum Gasteiger partial charge on any atom is 0.237 e. The molecule has 4 rings (SSSR count). The van der Waals surface area contributed by atoms with E-state index in [1.54, 1.807) is 13.2 Å². The van der Waals surface area contributed by atoms with E-state index in [2.05, 4.69) is 15.3 Å². The quantitative estimate of drug-likeness (QED) is 0.807. The van der Waals surface area contributed by atoms with E-state index in [4.69, 9.17) is 0 Å². The molecule has 1 aromatic heterocycles. The molecule has 0 bridgehead atoms. The molecule has 2 aliphatic carbocycles. The second kappa shape index (κ2) is 7.46. The number of rotatable bonds is 6. The average Bonchev–Trinajstić information content (AvgIpc) is 3.54. The topological polar surface area (TPSA) is 75.2 Å². The highest BCUT2D eigenvalue weighted by Crippen LogP contribution is 2.33. The summed E-state index contributed by atoms with van der Waals surface area (Å²) in [6.07, 6.45) is 9.40. The third-order valence-corrected chi connectivity index (χ3v) is 7.71. The number of nitrogens with one attached hydrogen (secondary N) is 1. The maximum atomic E-state index is 12.5. The molecule has 1 aromatic carbocycles. The highest BCUT2D eigenvalue weighted by molar-refractivity contribution is 7.93. The summed E-state index contributed by atoms with van der Waals surface area (Å²) in [5.74, 6) is 0.642. The highest BCUT2D eigenvalue weighted by atomic mass is 32.2. The fraction of sp³-hybridized carbons (Fsp3) is 0.500. The Labute approximate surface area is 162 Å². The number of aromatic nitrogens is 2. The second-order valence-electron chi connectivity index (χ2n) is 7.51. The molecular weight excluding hydrogens is 360 g/mol. The van der Waals surface area contributed by atoms with Crippen LogP contribution in [0.2, 0.25) is 0 Å². The molecule has 1 heterocycles. The number of nitrogens with zero attached hydrogens (tertiary/aromatic N) is 3. The zero-order chi connectivity index (χ0) is 18.9. The average molecular weight is 389 g/mol. The lowest BCUT2D eigenvalue weighted by Gasteiger charge is -2.23. The van der Waals surface area contributed by atoms with Crippen LogP contribution in [-0.2, 0) is 10.0 Å². The number of benzene rings is 1. The molecule has 0 amide bonds. The van der Waals surface area contributed by atoms with E-state index in [0.29, 0.717) is 17.7 Å². The first-order valence-corrected chi connectivity index (χ1v) is 11.2. The number of hydrogen-bond acceptors (Lipinski definition) is 5. The minimum Gasteiger partial charge on any atom is -0.351 e. The highest BCUT2D eigenvalue weighted by Gasteiger charge is 2.38. The molecule has 0 radical (unpaired) electrons. The summed E-state index contributed by atoms with van der Waals surface area (Å²) in [6.45, 7) is 0. The van der Waals surface area contributed by atoms with Crippen molar-refractivity contribution in [3.8, 4) is 11.3 Å². The van der Waals surface area contributed by atoms with Gasteiger partial charge in [-0.1, -0.05) is 31.4 Å². The Kier molecular flexibility index (Phi) is 5.04. The fourth-order valence-electron chi connectivity index (χ4n) is 3.62. The fourth-order valence-corrected chi connectivity index (χ4v) is 5.20. The van der Waals surface area contributed by atoms with Crippen molar-refractivity contribution in [3.63, 3.8) is 0 Å². The van der Waals surface area contributed by atoms with Gasteiger partial charge in [0.2, 0.25) is 16.0 Å². The summed E-state index contributed by atoms with van der Waals surface area (Å²) in [5.41, 5.74) is 2.35. The van der Waals surface area contributed by atoms with Crippen LogP contribution >= 0.6 is 0 Å². The molecule has 6 nitrogen and oxygen atoms in total.